The highest BCUT2D eigenvalue weighted by Gasteiger charge is 2.04. The van der Waals surface area contributed by atoms with E-state index in [9.17, 15) is 0 Å². The first-order valence-electron chi connectivity index (χ1n) is 4.89. The molecule has 0 aliphatic rings. The van der Waals surface area contributed by atoms with Crippen LogP contribution in [0, 0.1) is 0 Å². The average Bonchev–Trinajstić information content (AvgIpc) is 2.62. The minimum Gasteiger partial charge on any atom is -0.284 e. The van der Waals surface area contributed by atoms with Crippen molar-refractivity contribution in [1.82, 2.24) is 19.9 Å². The molecule has 1 aromatic heterocycles. The van der Waals surface area contributed by atoms with Gasteiger partial charge >= 0.3 is 0 Å². The van der Waals surface area contributed by atoms with Crippen molar-refractivity contribution in [1.29, 1.82) is 0 Å². The summed E-state index contributed by atoms with van der Waals surface area (Å²) in [4.78, 5) is 2.12. The van der Waals surface area contributed by atoms with Crippen LogP contribution in [0.4, 0.5) is 0 Å². The van der Waals surface area contributed by atoms with Crippen LogP contribution in [0.5, 0.6) is 0 Å². The molecule has 0 saturated heterocycles. The summed E-state index contributed by atoms with van der Waals surface area (Å²) < 4.78 is 1.89. The fraction of sp³-hybridized carbons (Fsp3) is 0.273. The highest BCUT2D eigenvalue weighted by atomic mass is 15.5. The molecule has 4 heteroatoms. The first kappa shape index (κ1) is 9.86. The van der Waals surface area contributed by atoms with E-state index in [1.807, 2.05) is 42.1 Å². The minimum absolute atomic E-state index is 0.729. The van der Waals surface area contributed by atoms with Crippen LogP contribution in [0.1, 0.15) is 0 Å². The zero-order chi connectivity index (χ0) is 10.7. The number of benzene rings is 1. The predicted octanol–water partition coefficient (Wildman–Crippen LogP) is 1.51. The van der Waals surface area contributed by atoms with Gasteiger partial charge in [0, 0.05) is 6.54 Å². The normalized spacial score (nSPS) is 11.1. The molecule has 15 heavy (non-hydrogen) atoms. The molecule has 1 aromatic carbocycles. The Balaban J connectivity index is 2.24. The third-order valence-corrected chi connectivity index (χ3v) is 2.24. The van der Waals surface area contributed by atoms with Crippen LogP contribution in [-0.4, -0.2) is 33.5 Å². The van der Waals surface area contributed by atoms with E-state index >= 15 is 0 Å². The van der Waals surface area contributed by atoms with Crippen molar-refractivity contribution in [2.45, 2.75) is 6.67 Å². The van der Waals surface area contributed by atoms with Crippen LogP contribution in [0.25, 0.3) is 11.0 Å². The zero-order valence-corrected chi connectivity index (χ0v) is 8.80. The molecule has 0 aliphatic carbocycles. The molecule has 0 saturated carbocycles. The Morgan fingerprint density at radius 2 is 2.27 bits per heavy atom. The van der Waals surface area contributed by atoms with Gasteiger partial charge in [0.05, 0.1) is 12.2 Å². The Labute approximate surface area is 88.8 Å². The number of likely N-dealkylation sites (N-methyl/N-ethyl adjacent to an activating group) is 1. The summed E-state index contributed by atoms with van der Waals surface area (Å²) in [6.07, 6.45) is 1.87. The average molecular weight is 202 g/mol. The number of hydrogen-bond acceptors (Lipinski definition) is 3. The summed E-state index contributed by atoms with van der Waals surface area (Å²) in [5, 5.41) is 8.20. The van der Waals surface area contributed by atoms with Crippen molar-refractivity contribution in [3.63, 3.8) is 0 Å². The number of aromatic nitrogens is 3. The number of para-hydroxylation sites is 1. The molecule has 0 spiro atoms. The zero-order valence-electron chi connectivity index (χ0n) is 8.80. The van der Waals surface area contributed by atoms with E-state index in [0.29, 0.717) is 0 Å². The topological polar surface area (TPSA) is 34.0 Å². The van der Waals surface area contributed by atoms with Crippen molar-refractivity contribution in [2.75, 3.05) is 13.6 Å². The quantitative estimate of drug-likeness (QED) is 0.705. The summed E-state index contributed by atoms with van der Waals surface area (Å²) in [6.45, 7) is 5.28. The summed E-state index contributed by atoms with van der Waals surface area (Å²) in [5.41, 5.74) is 2.00. The van der Waals surface area contributed by atoms with Gasteiger partial charge in [0.1, 0.15) is 5.52 Å². The van der Waals surface area contributed by atoms with Gasteiger partial charge in [-0.25, -0.2) is 4.68 Å². The summed E-state index contributed by atoms with van der Waals surface area (Å²) in [6, 6.07) is 7.95. The van der Waals surface area contributed by atoms with Gasteiger partial charge in [-0.15, -0.1) is 11.7 Å². The van der Waals surface area contributed by atoms with E-state index in [4.69, 9.17) is 0 Å². The Bertz CT molecular complexity index is 460. The molecule has 78 valence electrons. The van der Waals surface area contributed by atoms with Gasteiger partial charge in [0.2, 0.25) is 0 Å². The lowest BCUT2D eigenvalue weighted by molar-refractivity contribution is 0.281. The van der Waals surface area contributed by atoms with Gasteiger partial charge in [-0.05, 0) is 19.2 Å². The van der Waals surface area contributed by atoms with Crippen molar-refractivity contribution < 1.29 is 0 Å². The second kappa shape index (κ2) is 4.23. The third-order valence-electron chi connectivity index (χ3n) is 2.24. The predicted molar refractivity (Wildman–Crippen MR) is 60.4 cm³/mol. The maximum absolute atomic E-state index is 4.11. The van der Waals surface area contributed by atoms with Gasteiger partial charge < -0.3 is 0 Å². The highest BCUT2D eigenvalue weighted by Crippen LogP contribution is 2.09. The number of fused-ring (bicyclic) bond motifs is 1. The Morgan fingerprint density at radius 3 is 3.07 bits per heavy atom. The first-order chi connectivity index (χ1) is 7.31. The van der Waals surface area contributed by atoms with E-state index in [0.717, 1.165) is 24.2 Å². The number of hydrogen-bond donors (Lipinski definition) is 0. The van der Waals surface area contributed by atoms with Gasteiger partial charge in [-0.1, -0.05) is 23.4 Å². The van der Waals surface area contributed by atoms with Crippen LogP contribution in [0.3, 0.4) is 0 Å². The SMILES string of the molecule is C=CCN(C)Cn1nnc2ccccc21. The maximum Gasteiger partial charge on any atom is 0.113 e. The molecule has 2 rings (SSSR count). The fourth-order valence-corrected chi connectivity index (χ4v) is 1.53. The van der Waals surface area contributed by atoms with Crippen LogP contribution >= 0.6 is 0 Å². The van der Waals surface area contributed by atoms with E-state index in [-0.39, 0.29) is 0 Å². The molecule has 0 radical (unpaired) electrons. The monoisotopic (exact) mass is 202 g/mol. The molecule has 0 bridgehead atoms. The molecule has 0 aliphatic heterocycles. The summed E-state index contributed by atoms with van der Waals surface area (Å²) >= 11 is 0. The molecule has 0 atom stereocenters. The minimum atomic E-state index is 0.729. The lowest BCUT2D eigenvalue weighted by Crippen LogP contribution is -2.22. The fourth-order valence-electron chi connectivity index (χ4n) is 1.53. The second-order valence-corrected chi connectivity index (χ2v) is 3.55. The first-order valence-corrected chi connectivity index (χ1v) is 4.89. The van der Waals surface area contributed by atoms with E-state index in [2.05, 4.69) is 21.8 Å². The smallest absolute Gasteiger partial charge is 0.113 e. The molecule has 1 heterocycles. The van der Waals surface area contributed by atoms with Crippen LogP contribution in [-0.2, 0) is 6.67 Å². The Kier molecular flexibility index (Phi) is 2.78. The third kappa shape index (κ3) is 2.05. The van der Waals surface area contributed by atoms with Gasteiger partial charge in [0.15, 0.2) is 0 Å². The molecule has 2 aromatic rings. The summed E-state index contributed by atoms with van der Waals surface area (Å²) in [5.74, 6) is 0. The molecule has 0 unspecified atom stereocenters. The number of nitrogens with zero attached hydrogens (tertiary/aromatic N) is 4. The van der Waals surface area contributed by atoms with Crippen molar-refractivity contribution >= 4 is 11.0 Å². The molecule has 0 fully saturated rings. The molecular weight excluding hydrogens is 188 g/mol. The molecule has 4 nitrogen and oxygen atoms in total. The van der Waals surface area contributed by atoms with Gasteiger partial charge in [-0.3, -0.25) is 4.90 Å². The summed E-state index contributed by atoms with van der Waals surface area (Å²) in [7, 11) is 2.03. The number of rotatable bonds is 4. The van der Waals surface area contributed by atoms with Gasteiger partial charge in [-0.2, -0.15) is 0 Å². The Hall–Kier alpha value is -1.68. The van der Waals surface area contributed by atoms with Crippen LogP contribution in [0.2, 0.25) is 0 Å². The van der Waals surface area contributed by atoms with Crippen molar-refractivity contribution in [2.24, 2.45) is 0 Å². The van der Waals surface area contributed by atoms with E-state index in [1.165, 1.54) is 0 Å². The van der Waals surface area contributed by atoms with Crippen molar-refractivity contribution in [3.8, 4) is 0 Å². The maximum atomic E-state index is 4.11. The largest absolute Gasteiger partial charge is 0.284 e. The molecular formula is C11H14N4. The van der Waals surface area contributed by atoms with E-state index in [1.54, 1.807) is 0 Å². The van der Waals surface area contributed by atoms with Crippen molar-refractivity contribution in [3.05, 3.63) is 36.9 Å². The lowest BCUT2D eigenvalue weighted by atomic mass is 10.3. The van der Waals surface area contributed by atoms with Crippen LogP contribution < -0.4 is 0 Å². The molecule has 0 N–H and O–H groups in total. The van der Waals surface area contributed by atoms with Crippen LogP contribution in [0.15, 0.2) is 36.9 Å². The Morgan fingerprint density at radius 1 is 1.47 bits per heavy atom. The lowest BCUT2D eigenvalue weighted by Gasteiger charge is -2.13. The standard InChI is InChI=1S/C11H14N4/c1-3-8-14(2)9-15-11-7-5-4-6-10(11)12-13-15/h3-7H,1,8-9H2,2H3. The molecule has 0 amide bonds. The second-order valence-electron chi connectivity index (χ2n) is 3.55. The van der Waals surface area contributed by atoms with Gasteiger partial charge in [0.25, 0.3) is 0 Å². The van der Waals surface area contributed by atoms with E-state index < -0.39 is 0 Å². The highest BCUT2D eigenvalue weighted by molar-refractivity contribution is 5.73.